The number of ether oxygens (including phenoxy) is 1. The Morgan fingerprint density at radius 3 is 2.67 bits per heavy atom. The molecular weight excluding hydrogens is 509 g/mol. The van der Waals surface area contributed by atoms with E-state index in [4.69, 9.17) is 4.74 Å². The second-order valence-corrected chi connectivity index (χ2v) is 8.67. The third kappa shape index (κ3) is 6.40. The Morgan fingerprint density at radius 2 is 2.03 bits per heavy atom. The number of amides is 1. The van der Waals surface area contributed by atoms with Gasteiger partial charge in [-0.15, -0.1) is 0 Å². The van der Waals surface area contributed by atoms with Crippen molar-refractivity contribution in [3.05, 3.63) is 47.7 Å². The molecule has 1 atom stereocenters. The monoisotopic (exact) mass is 529 g/mol. The molecule has 0 radical (unpaired) electrons. The van der Waals surface area contributed by atoms with Crippen LogP contribution < -0.4 is 15.4 Å². The molecule has 0 aliphatic carbocycles. The lowest BCUT2D eigenvalue weighted by molar-refractivity contribution is -0.141. The molecule has 2 N–H and O–H groups in total. The van der Waals surface area contributed by atoms with Crippen LogP contribution in [0.4, 0.5) is 38.5 Å². The van der Waals surface area contributed by atoms with Gasteiger partial charge in [0, 0.05) is 19.2 Å². The van der Waals surface area contributed by atoms with E-state index in [0.717, 1.165) is 17.7 Å². The molecule has 4 heterocycles. The summed E-state index contributed by atoms with van der Waals surface area (Å²) in [4.78, 5) is 25.7. The molecule has 1 saturated heterocycles. The maximum Gasteiger partial charge on any atom is 0.434 e. The number of rotatable bonds is 8. The lowest BCUT2D eigenvalue weighted by Crippen LogP contribution is -2.29. The highest BCUT2D eigenvalue weighted by Gasteiger charge is 2.33. The fourth-order valence-corrected chi connectivity index (χ4v) is 4.32. The minimum Gasteiger partial charge on any atom is -0.473 e. The summed E-state index contributed by atoms with van der Waals surface area (Å²) in [6.45, 7) is 2.22. The summed E-state index contributed by atoms with van der Waals surface area (Å²) < 4.78 is 73.0. The van der Waals surface area contributed by atoms with E-state index in [1.54, 1.807) is 24.0 Å². The summed E-state index contributed by atoms with van der Waals surface area (Å²) in [6.07, 6.45) is -3.76. The number of alkyl halides is 5. The van der Waals surface area contributed by atoms with Gasteiger partial charge in [0.05, 0.1) is 42.1 Å². The second kappa shape index (κ2) is 10.7. The summed E-state index contributed by atoms with van der Waals surface area (Å²) in [7, 11) is 0. The fraction of sp³-hybridized carbons (Fsp3) is 0.381. The Hall–Kier alpha value is -3.46. The van der Waals surface area contributed by atoms with Crippen LogP contribution in [0.5, 0.6) is 5.88 Å². The normalized spacial score (nSPS) is 16.4. The number of nitrogens with zero attached hydrogens (tertiary/aromatic N) is 5. The van der Waals surface area contributed by atoms with Crippen LogP contribution in [-0.4, -0.2) is 62.3 Å². The third-order valence-corrected chi connectivity index (χ3v) is 6.03. The van der Waals surface area contributed by atoms with E-state index in [0.29, 0.717) is 43.0 Å². The van der Waals surface area contributed by atoms with E-state index in [9.17, 15) is 26.7 Å². The number of hydrogen-bond donors (Lipinski definition) is 2. The largest absolute Gasteiger partial charge is 0.473 e. The number of aryl methyl sites for hydroxylation is 1. The smallest absolute Gasteiger partial charge is 0.434 e. The van der Waals surface area contributed by atoms with Crippen LogP contribution in [0.15, 0.2) is 30.7 Å². The van der Waals surface area contributed by atoms with Crippen molar-refractivity contribution in [2.45, 2.75) is 32.1 Å². The molecule has 1 fully saturated rings. The van der Waals surface area contributed by atoms with Crippen LogP contribution in [0, 0.1) is 6.92 Å². The topological polar surface area (TPSA) is 105 Å². The van der Waals surface area contributed by atoms with Gasteiger partial charge in [-0.05, 0) is 30.9 Å². The van der Waals surface area contributed by atoms with Crippen LogP contribution in [0.3, 0.4) is 0 Å². The molecule has 1 aliphatic rings. The summed E-state index contributed by atoms with van der Waals surface area (Å²) in [5.74, 6) is -0.200. The second-order valence-electron chi connectivity index (χ2n) is 7.90. The maximum atomic E-state index is 12.9. The molecule has 9 nitrogen and oxygen atoms in total. The van der Waals surface area contributed by atoms with E-state index < -0.39 is 24.2 Å². The van der Waals surface area contributed by atoms with E-state index in [-0.39, 0.29) is 29.0 Å². The molecule has 15 heteroatoms. The minimum absolute atomic E-state index is 0.0166. The van der Waals surface area contributed by atoms with Gasteiger partial charge in [-0.3, -0.25) is 9.69 Å². The van der Waals surface area contributed by atoms with Crippen molar-refractivity contribution in [2.75, 3.05) is 30.3 Å². The van der Waals surface area contributed by atoms with Gasteiger partial charge in [-0.25, -0.2) is 23.7 Å². The molecule has 1 amide bonds. The van der Waals surface area contributed by atoms with Gasteiger partial charge in [-0.2, -0.15) is 17.5 Å². The Kier molecular flexibility index (Phi) is 7.59. The highest BCUT2D eigenvalue weighted by atomic mass is 32.1. The van der Waals surface area contributed by atoms with Crippen molar-refractivity contribution >= 4 is 33.9 Å². The van der Waals surface area contributed by atoms with Crippen LogP contribution in [0.2, 0.25) is 0 Å². The molecule has 36 heavy (non-hydrogen) atoms. The van der Waals surface area contributed by atoms with Crippen molar-refractivity contribution < 1.29 is 31.5 Å². The predicted octanol–water partition coefficient (Wildman–Crippen LogP) is 4.37. The number of pyridine rings is 1. The molecule has 0 spiro atoms. The van der Waals surface area contributed by atoms with Crippen LogP contribution in [0.1, 0.15) is 28.2 Å². The molecule has 1 aliphatic heterocycles. The first-order chi connectivity index (χ1) is 17.1. The number of aromatic nitrogens is 4. The number of halogens is 5. The summed E-state index contributed by atoms with van der Waals surface area (Å²) in [6, 6.07) is 3.14. The molecule has 0 unspecified atom stereocenters. The first-order valence-electron chi connectivity index (χ1n) is 10.7. The van der Waals surface area contributed by atoms with Crippen LogP contribution >= 0.6 is 11.5 Å². The van der Waals surface area contributed by atoms with Crippen molar-refractivity contribution in [1.29, 1.82) is 0 Å². The van der Waals surface area contributed by atoms with Crippen molar-refractivity contribution in [1.82, 2.24) is 24.2 Å². The first kappa shape index (κ1) is 25.6. The Balaban J connectivity index is 1.37. The molecule has 4 rings (SSSR count). The molecule has 3 aromatic rings. The number of likely N-dealkylation sites (tertiary alicyclic amines) is 1. The van der Waals surface area contributed by atoms with Gasteiger partial charge in [-0.1, -0.05) is 0 Å². The Bertz CT molecular complexity index is 1190. The lowest BCUT2D eigenvalue weighted by atomic mass is 10.2. The number of anilines is 3. The maximum absolute atomic E-state index is 12.9. The lowest BCUT2D eigenvalue weighted by Gasteiger charge is -2.16. The Morgan fingerprint density at radius 1 is 1.22 bits per heavy atom. The molecule has 3 aromatic heterocycles. The molecule has 192 valence electrons. The minimum atomic E-state index is -4.61. The third-order valence-electron chi connectivity index (χ3n) is 5.18. The average Bonchev–Trinajstić information content (AvgIpc) is 3.40. The average molecular weight is 529 g/mol. The highest BCUT2D eigenvalue weighted by molar-refractivity contribution is 7.10. The van der Waals surface area contributed by atoms with Gasteiger partial charge in [0.15, 0.2) is 5.69 Å². The van der Waals surface area contributed by atoms with Gasteiger partial charge in [0.1, 0.15) is 16.9 Å². The summed E-state index contributed by atoms with van der Waals surface area (Å²) >= 11 is 0.945. The zero-order chi connectivity index (χ0) is 25.9. The first-order valence-corrected chi connectivity index (χ1v) is 11.4. The quantitative estimate of drug-likeness (QED) is 0.415. The zero-order valence-corrected chi connectivity index (χ0v) is 19.5. The number of hydrogen-bond acceptors (Lipinski definition) is 9. The standard InChI is InChI=1S/C21H20F5N7O2S/c1-11-18(20(36-32-11)31-16-8-27-14(7-28-16)21(24,25)26)19(34)30-12-2-3-17(29-6-12)35-13-4-5-33(9-13)10-15(22)23/h2-3,6-8,13,15H,4-5,9-10H2,1H3,(H,28,31)(H,30,34)/t13-/m1/s1. The van der Waals surface area contributed by atoms with Crippen molar-refractivity contribution in [3.63, 3.8) is 0 Å². The van der Waals surface area contributed by atoms with Crippen LogP contribution in [0.25, 0.3) is 0 Å². The SMILES string of the molecule is Cc1nsc(Nc2cnc(C(F)(F)F)cn2)c1C(=O)Nc1ccc(O[C@@H]2CCN(CC(F)F)C2)nc1. The van der Waals surface area contributed by atoms with E-state index in [1.807, 2.05) is 0 Å². The molecule has 0 aromatic carbocycles. The van der Waals surface area contributed by atoms with Crippen molar-refractivity contribution in [3.8, 4) is 5.88 Å². The number of nitrogens with one attached hydrogen (secondary N) is 2. The van der Waals surface area contributed by atoms with Crippen molar-refractivity contribution in [2.24, 2.45) is 0 Å². The van der Waals surface area contributed by atoms with Gasteiger partial charge in [0.25, 0.3) is 12.3 Å². The van der Waals surface area contributed by atoms with Gasteiger partial charge in [0.2, 0.25) is 5.88 Å². The molecular formula is C21H20F5N7O2S. The number of carbonyl (C=O) groups is 1. The molecule has 0 bridgehead atoms. The zero-order valence-electron chi connectivity index (χ0n) is 18.7. The highest BCUT2D eigenvalue weighted by Crippen LogP contribution is 2.30. The van der Waals surface area contributed by atoms with Gasteiger partial charge < -0.3 is 15.4 Å². The Labute approximate surface area is 205 Å². The summed E-state index contributed by atoms with van der Waals surface area (Å²) in [5, 5.41) is 5.73. The van der Waals surface area contributed by atoms with Crippen LogP contribution in [-0.2, 0) is 6.18 Å². The molecule has 0 saturated carbocycles. The predicted molar refractivity (Wildman–Crippen MR) is 121 cm³/mol. The van der Waals surface area contributed by atoms with E-state index in [1.165, 1.54) is 6.20 Å². The van der Waals surface area contributed by atoms with Gasteiger partial charge >= 0.3 is 6.18 Å². The fourth-order valence-electron chi connectivity index (χ4n) is 3.52. The van der Waals surface area contributed by atoms with E-state index in [2.05, 4.69) is 30.0 Å². The summed E-state index contributed by atoms with van der Waals surface area (Å²) in [5.41, 5.74) is -0.178. The van der Waals surface area contributed by atoms with E-state index >= 15 is 0 Å². The number of carbonyl (C=O) groups excluding carboxylic acids is 1.